The van der Waals surface area contributed by atoms with Gasteiger partial charge in [0.25, 0.3) is 0 Å². The molecule has 2 heterocycles. The number of benzene rings is 2. The minimum absolute atomic E-state index is 0. The van der Waals surface area contributed by atoms with Crippen LogP contribution in [0.25, 0.3) is 0 Å². The third-order valence-corrected chi connectivity index (χ3v) is 8.08. The number of hydrogen-bond donors (Lipinski definition) is 1. The van der Waals surface area contributed by atoms with Crippen LogP contribution in [0.1, 0.15) is 88.3 Å². The van der Waals surface area contributed by atoms with E-state index in [0.29, 0.717) is 24.3 Å². The average molecular weight is 667 g/mol. The van der Waals surface area contributed by atoms with E-state index in [4.69, 9.17) is 26.8 Å². The molecule has 0 amide bonds. The predicted octanol–water partition coefficient (Wildman–Crippen LogP) is 6.91. The molecule has 2 aliphatic rings. The molecule has 11 heteroatoms. The van der Waals surface area contributed by atoms with Crippen LogP contribution in [0.15, 0.2) is 73.3 Å². The van der Waals surface area contributed by atoms with Crippen molar-refractivity contribution in [2.75, 3.05) is 13.2 Å². The van der Waals surface area contributed by atoms with Gasteiger partial charge in [0, 0.05) is 42.2 Å². The Morgan fingerprint density at radius 1 is 0.739 bits per heavy atom. The molecule has 2 saturated carbocycles. The second-order valence-corrected chi connectivity index (χ2v) is 11.7. The molecule has 244 valence electrons. The summed E-state index contributed by atoms with van der Waals surface area (Å²) in [5.41, 5.74) is 12.4. The Balaban J connectivity index is 0.000000203. The number of aromatic nitrogens is 4. The van der Waals surface area contributed by atoms with Gasteiger partial charge in [-0.05, 0) is 87.2 Å². The summed E-state index contributed by atoms with van der Waals surface area (Å²) in [6.07, 6.45) is 11.2. The number of carbonyl (C=O) groups is 2. The summed E-state index contributed by atoms with van der Waals surface area (Å²) in [6.45, 7) is 8.49. The zero-order valence-electron chi connectivity index (χ0n) is 26.7. The highest BCUT2D eigenvalue weighted by molar-refractivity contribution is 6.28. The molecule has 0 saturated heterocycles. The number of nitrogens with zero attached hydrogens (tertiary/aromatic N) is 4. The molecule has 2 aliphatic carbocycles. The number of nitrogens with two attached hydrogens (primary N) is 1. The van der Waals surface area contributed by atoms with Crippen molar-refractivity contribution in [3.63, 3.8) is 0 Å². The minimum Gasteiger partial charge on any atom is -0.462 e. The van der Waals surface area contributed by atoms with E-state index in [1.807, 2.05) is 0 Å². The first-order valence-corrected chi connectivity index (χ1v) is 15.5. The largest absolute Gasteiger partial charge is 0.462 e. The molecule has 2 aromatic heterocycles. The lowest BCUT2D eigenvalue weighted by atomic mass is 9.89. The molecule has 9 nitrogen and oxygen atoms in total. The monoisotopic (exact) mass is 665 g/mol. The maximum atomic E-state index is 11.6. The minimum atomic E-state index is -0.436. The fourth-order valence-electron chi connectivity index (χ4n) is 5.10. The summed E-state index contributed by atoms with van der Waals surface area (Å²) in [5, 5.41) is 0.114. The van der Waals surface area contributed by atoms with Gasteiger partial charge in [-0.1, -0.05) is 48.5 Å². The van der Waals surface area contributed by atoms with Crippen LogP contribution >= 0.6 is 24.0 Å². The third kappa shape index (κ3) is 9.79. The van der Waals surface area contributed by atoms with Crippen LogP contribution in [-0.4, -0.2) is 45.1 Å². The number of ether oxygens (including phenoxy) is 2. The molecular formula is C35H41Cl2N5O4. The summed E-state index contributed by atoms with van der Waals surface area (Å²) >= 11 is 5.42. The Hall–Kier alpha value is -3.92. The number of hydrogen-bond acceptors (Lipinski definition) is 9. The highest BCUT2D eigenvalue weighted by atomic mass is 35.5. The van der Waals surface area contributed by atoms with E-state index in [1.54, 1.807) is 26.2 Å². The van der Waals surface area contributed by atoms with E-state index in [1.165, 1.54) is 47.5 Å². The van der Waals surface area contributed by atoms with Gasteiger partial charge in [-0.25, -0.2) is 29.5 Å². The number of halogens is 2. The van der Waals surface area contributed by atoms with E-state index < -0.39 is 5.97 Å². The van der Waals surface area contributed by atoms with E-state index in [2.05, 4.69) is 82.3 Å². The van der Waals surface area contributed by atoms with Crippen LogP contribution < -0.4 is 5.73 Å². The maximum absolute atomic E-state index is 11.6. The number of carbonyl (C=O) groups excluding carboxylic acids is 2. The average Bonchev–Trinajstić information content (AvgIpc) is 3.97. The van der Waals surface area contributed by atoms with Crippen LogP contribution in [0.2, 0.25) is 5.28 Å². The number of aryl methyl sites for hydroxylation is 2. The van der Waals surface area contributed by atoms with Crippen LogP contribution in [0.5, 0.6) is 0 Å². The van der Waals surface area contributed by atoms with Crippen molar-refractivity contribution in [3.8, 4) is 0 Å². The standard InChI is InChI=1S/C18H20N2O2.C10H13N.C7H7ClN2O2.ClH/c1-3-22-17(21)14-11-19-16(20-12-14)10-18(8-9-18)15-7-5-4-6-13(15)2;1-8-4-2-3-5-9(8)10(11)6-7-10;1-2-12-6(11)5-3-9-7(8)10-4-5;/h4-7,11-12H,3,8-10H2,1-2H3;2-5H,6-7,11H2,1H3;3-4H,2H2,1H3;1H. The van der Waals surface area contributed by atoms with Gasteiger partial charge < -0.3 is 15.2 Å². The second-order valence-electron chi connectivity index (χ2n) is 11.3. The fraction of sp³-hybridized carbons (Fsp3) is 0.371. The molecular weight excluding hydrogens is 625 g/mol. The first-order valence-electron chi connectivity index (χ1n) is 15.1. The van der Waals surface area contributed by atoms with Crippen LogP contribution in [-0.2, 0) is 26.8 Å². The lowest BCUT2D eigenvalue weighted by Gasteiger charge is -2.17. The van der Waals surface area contributed by atoms with E-state index in [-0.39, 0.29) is 34.6 Å². The summed E-state index contributed by atoms with van der Waals surface area (Å²) in [5.74, 6) is -0.0166. The van der Waals surface area contributed by atoms with Gasteiger partial charge in [-0.3, -0.25) is 0 Å². The molecule has 0 radical (unpaired) electrons. The summed E-state index contributed by atoms with van der Waals surface area (Å²) in [4.78, 5) is 38.6. The third-order valence-electron chi connectivity index (χ3n) is 7.88. The predicted molar refractivity (Wildman–Crippen MR) is 180 cm³/mol. The van der Waals surface area contributed by atoms with E-state index >= 15 is 0 Å². The first kappa shape index (κ1) is 36.5. The molecule has 2 fully saturated rings. The van der Waals surface area contributed by atoms with Crippen LogP contribution in [0, 0.1) is 13.8 Å². The van der Waals surface area contributed by atoms with Gasteiger partial charge >= 0.3 is 11.9 Å². The smallest absolute Gasteiger partial charge is 0.341 e. The Labute approximate surface area is 281 Å². The van der Waals surface area contributed by atoms with Crippen molar-refractivity contribution < 1.29 is 19.1 Å². The maximum Gasteiger partial charge on any atom is 0.341 e. The molecule has 0 atom stereocenters. The lowest BCUT2D eigenvalue weighted by molar-refractivity contribution is 0.0515. The molecule has 2 N–H and O–H groups in total. The normalized spacial score (nSPS) is 14.6. The molecule has 0 bridgehead atoms. The van der Waals surface area contributed by atoms with Gasteiger partial charge in [0.15, 0.2) is 0 Å². The quantitative estimate of drug-likeness (QED) is 0.158. The Bertz CT molecular complexity index is 1590. The van der Waals surface area contributed by atoms with Crippen molar-refractivity contribution in [1.29, 1.82) is 0 Å². The van der Waals surface area contributed by atoms with E-state index in [9.17, 15) is 9.59 Å². The van der Waals surface area contributed by atoms with Crippen molar-refractivity contribution in [2.45, 2.75) is 70.8 Å². The van der Waals surface area contributed by atoms with Crippen LogP contribution in [0.3, 0.4) is 0 Å². The molecule has 2 aromatic carbocycles. The topological polar surface area (TPSA) is 130 Å². The molecule has 0 spiro atoms. The second kappa shape index (κ2) is 16.6. The Morgan fingerprint density at radius 3 is 1.59 bits per heavy atom. The molecule has 4 aromatic rings. The Kier molecular flexibility index (Phi) is 13.2. The van der Waals surface area contributed by atoms with Crippen molar-refractivity contribution >= 4 is 35.9 Å². The van der Waals surface area contributed by atoms with Gasteiger partial charge in [-0.2, -0.15) is 0 Å². The van der Waals surface area contributed by atoms with Crippen molar-refractivity contribution in [1.82, 2.24) is 19.9 Å². The van der Waals surface area contributed by atoms with E-state index in [0.717, 1.165) is 25.1 Å². The van der Waals surface area contributed by atoms with Gasteiger partial charge in [0.05, 0.1) is 24.3 Å². The lowest BCUT2D eigenvalue weighted by Crippen LogP contribution is -2.19. The molecule has 46 heavy (non-hydrogen) atoms. The van der Waals surface area contributed by atoms with Crippen molar-refractivity contribution in [2.24, 2.45) is 5.73 Å². The summed E-state index contributed by atoms with van der Waals surface area (Å²) in [6, 6.07) is 16.9. The summed E-state index contributed by atoms with van der Waals surface area (Å²) in [7, 11) is 0. The number of rotatable bonds is 8. The highest BCUT2D eigenvalue weighted by Gasteiger charge is 2.45. The zero-order valence-corrected chi connectivity index (χ0v) is 28.2. The molecule has 0 aliphatic heterocycles. The highest BCUT2D eigenvalue weighted by Crippen LogP contribution is 2.51. The van der Waals surface area contributed by atoms with Gasteiger partial charge in [0.1, 0.15) is 5.82 Å². The van der Waals surface area contributed by atoms with Gasteiger partial charge in [0.2, 0.25) is 5.28 Å². The molecule has 6 rings (SSSR count). The van der Waals surface area contributed by atoms with Crippen LogP contribution in [0.4, 0.5) is 0 Å². The SMILES string of the molecule is CCOC(=O)c1cnc(CC2(c3ccccc3C)CC2)nc1.CCOC(=O)c1cnc(Cl)nc1.Cc1ccccc1C1(N)CC1.Cl. The summed E-state index contributed by atoms with van der Waals surface area (Å²) < 4.78 is 9.65. The van der Waals surface area contributed by atoms with Crippen molar-refractivity contribution in [3.05, 3.63) is 118 Å². The fourth-order valence-corrected chi connectivity index (χ4v) is 5.19. The molecule has 0 unspecified atom stereocenters. The first-order chi connectivity index (χ1) is 21.6. The number of esters is 2. The zero-order chi connectivity index (χ0) is 32.5. The van der Waals surface area contributed by atoms with Gasteiger partial charge in [-0.15, -0.1) is 12.4 Å². The Morgan fingerprint density at radius 2 is 1.17 bits per heavy atom.